The molecular weight excluding hydrogens is 306 g/mol. The number of benzene rings is 1. The molecule has 0 fully saturated rings. The summed E-state index contributed by atoms with van der Waals surface area (Å²) in [4.78, 5) is 25.1. The third-order valence-electron chi connectivity index (χ3n) is 3.33. The number of nitrogens with zero attached hydrogens (tertiary/aromatic N) is 2. The van der Waals surface area contributed by atoms with Crippen LogP contribution >= 0.6 is 11.6 Å². The summed E-state index contributed by atoms with van der Waals surface area (Å²) in [6, 6.07) is 7.36. The first-order chi connectivity index (χ1) is 10.7. The third kappa shape index (κ3) is 2.21. The largest absolute Gasteiger partial charge is 0.417 e. The van der Waals surface area contributed by atoms with E-state index >= 15 is 0 Å². The van der Waals surface area contributed by atoms with E-state index in [4.69, 9.17) is 16.0 Å². The Bertz CT molecular complexity index is 1030. The molecule has 0 spiro atoms. The molecule has 0 aliphatic carbocycles. The number of hydrogen-bond acceptors (Lipinski definition) is 5. The molecule has 0 unspecified atom stereocenters. The number of anilines is 1. The molecule has 4 aromatic rings. The second kappa shape index (κ2) is 4.88. The third-order valence-corrected chi connectivity index (χ3v) is 3.50. The van der Waals surface area contributed by atoms with Crippen molar-refractivity contribution in [3.8, 4) is 0 Å². The van der Waals surface area contributed by atoms with Gasteiger partial charge in [-0.2, -0.15) is 4.98 Å². The molecule has 0 aliphatic heterocycles. The molecule has 110 valence electrons. The maximum Gasteiger partial charge on any atom is 0.417 e. The van der Waals surface area contributed by atoms with E-state index in [1.165, 1.54) is 0 Å². The first kappa shape index (κ1) is 12.9. The van der Waals surface area contributed by atoms with E-state index < -0.39 is 5.76 Å². The van der Waals surface area contributed by atoms with E-state index in [0.717, 1.165) is 10.9 Å². The van der Waals surface area contributed by atoms with Gasteiger partial charge in [0.2, 0.25) is 5.28 Å². The van der Waals surface area contributed by atoms with Gasteiger partial charge in [-0.3, -0.25) is 4.98 Å². The van der Waals surface area contributed by atoms with Crippen molar-refractivity contribution in [1.82, 2.24) is 19.9 Å². The Kier molecular flexibility index (Phi) is 2.87. The number of rotatable bonds is 3. The van der Waals surface area contributed by atoms with Crippen LogP contribution in [0.15, 0.2) is 39.7 Å². The van der Waals surface area contributed by atoms with E-state index in [2.05, 4.69) is 25.3 Å². The summed E-state index contributed by atoms with van der Waals surface area (Å²) in [6.45, 7) is 0.525. The summed E-state index contributed by atoms with van der Waals surface area (Å²) in [5.74, 6) is 0.189. The highest BCUT2D eigenvalue weighted by Crippen LogP contribution is 2.22. The van der Waals surface area contributed by atoms with E-state index in [1.54, 1.807) is 12.3 Å². The molecule has 3 N–H and O–H groups in total. The second-order valence-corrected chi connectivity index (χ2v) is 5.12. The van der Waals surface area contributed by atoms with Crippen molar-refractivity contribution in [2.75, 3.05) is 5.32 Å². The van der Waals surface area contributed by atoms with Crippen molar-refractivity contribution in [2.24, 2.45) is 0 Å². The lowest BCUT2D eigenvalue weighted by atomic mass is 10.2. The Balaban J connectivity index is 1.64. The SMILES string of the molecule is O=c1[nH]c2cc(CNc3nc(Cl)nc4[nH]ccc34)ccc2o1. The lowest BCUT2D eigenvalue weighted by Crippen LogP contribution is -2.02. The smallest absolute Gasteiger partial charge is 0.408 e. The minimum atomic E-state index is -0.461. The van der Waals surface area contributed by atoms with E-state index in [1.807, 2.05) is 18.2 Å². The Hall–Kier alpha value is -2.80. The summed E-state index contributed by atoms with van der Waals surface area (Å²) in [5.41, 5.74) is 2.85. The maximum atomic E-state index is 11.2. The topological polar surface area (TPSA) is 99.6 Å². The summed E-state index contributed by atoms with van der Waals surface area (Å²) in [5, 5.41) is 4.26. The zero-order chi connectivity index (χ0) is 15.1. The van der Waals surface area contributed by atoms with Crippen LogP contribution in [0.1, 0.15) is 5.56 Å². The van der Waals surface area contributed by atoms with Crippen molar-refractivity contribution in [2.45, 2.75) is 6.54 Å². The van der Waals surface area contributed by atoms with Crippen molar-refractivity contribution in [3.05, 3.63) is 51.9 Å². The van der Waals surface area contributed by atoms with E-state index in [0.29, 0.717) is 29.1 Å². The number of halogens is 1. The van der Waals surface area contributed by atoms with Crippen molar-refractivity contribution in [3.63, 3.8) is 0 Å². The fourth-order valence-electron chi connectivity index (χ4n) is 2.34. The van der Waals surface area contributed by atoms with Crippen molar-refractivity contribution >= 4 is 39.6 Å². The first-order valence-corrected chi connectivity index (χ1v) is 6.93. The molecule has 0 amide bonds. The molecule has 0 bridgehead atoms. The van der Waals surface area contributed by atoms with Crippen LogP contribution in [0.2, 0.25) is 5.28 Å². The van der Waals surface area contributed by atoms with Gasteiger partial charge in [-0.15, -0.1) is 0 Å². The number of aromatic amines is 2. The average molecular weight is 316 g/mol. The Morgan fingerprint density at radius 2 is 2.18 bits per heavy atom. The van der Waals surface area contributed by atoms with E-state index in [-0.39, 0.29) is 5.28 Å². The van der Waals surface area contributed by atoms with Crippen LogP contribution in [0.5, 0.6) is 0 Å². The van der Waals surface area contributed by atoms with Crippen LogP contribution < -0.4 is 11.1 Å². The second-order valence-electron chi connectivity index (χ2n) is 4.78. The number of oxazole rings is 1. The molecular formula is C14H10ClN5O2. The molecule has 4 rings (SSSR count). The molecule has 7 nitrogen and oxygen atoms in total. The van der Waals surface area contributed by atoms with Gasteiger partial charge in [0.25, 0.3) is 0 Å². The molecule has 0 atom stereocenters. The fourth-order valence-corrected chi connectivity index (χ4v) is 2.51. The molecule has 3 heterocycles. The highest BCUT2D eigenvalue weighted by Gasteiger charge is 2.08. The normalized spacial score (nSPS) is 11.3. The predicted octanol–water partition coefficient (Wildman–Crippen LogP) is 2.66. The molecule has 3 aromatic heterocycles. The summed E-state index contributed by atoms with van der Waals surface area (Å²) >= 11 is 5.91. The van der Waals surface area contributed by atoms with E-state index in [9.17, 15) is 4.79 Å². The van der Waals surface area contributed by atoms with Gasteiger partial charge in [0.05, 0.1) is 10.9 Å². The standard InChI is InChI=1S/C14H10ClN5O2/c15-13-19-11-8(3-4-16-11)12(20-13)17-6-7-1-2-10-9(5-7)18-14(21)22-10/h1-5H,6H2,(H,18,21)(H2,16,17,19,20). The van der Waals surface area contributed by atoms with Gasteiger partial charge in [0.1, 0.15) is 11.5 Å². The van der Waals surface area contributed by atoms with Gasteiger partial charge < -0.3 is 14.7 Å². The van der Waals surface area contributed by atoms with Crippen LogP contribution in [0.4, 0.5) is 5.82 Å². The highest BCUT2D eigenvalue weighted by molar-refractivity contribution is 6.28. The zero-order valence-corrected chi connectivity index (χ0v) is 11.9. The van der Waals surface area contributed by atoms with Crippen molar-refractivity contribution in [1.29, 1.82) is 0 Å². The number of H-pyrrole nitrogens is 2. The summed E-state index contributed by atoms with van der Waals surface area (Å²) < 4.78 is 4.97. The molecule has 0 saturated carbocycles. The van der Waals surface area contributed by atoms with Gasteiger partial charge in [-0.25, -0.2) is 9.78 Å². The van der Waals surface area contributed by atoms with Crippen LogP contribution in [0.25, 0.3) is 22.1 Å². The molecule has 0 saturated heterocycles. The lowest BCUT2D eigenvalue weighted by molar-refractivity contribution is 0.555. The molecule has 22 heavy (non-hydrogen) atoms. The Morgan fingerprint density at radius 3 is 3.09 bits per heavy atom. The fraction of sp³-hybridized carbons (Fsp3) is 0.0714. The zero-order valence-electron chi connectivity index (χ0n) is 11.2. The van der Waals surface area contributed by atoms with Gasteiger partial charge in [-0.1, -0.05) is 6.07 Å². The minimum Gasteiger partial charge on any atom is -0.408 e. The minimum absolute atomic E-state index is 0.173. The number of aromatic nitrogens is 4. The van der Waals surface area contributed by atoms with Gasteiger partial charge in [0, 0.05) is 12.7 Å². The molecule has 0 aliphatic rings. The van der Waals surface area contributed by atoms with Crippen molar-refractivity contribution < 1.29 is 4.42 Å². The summed E-state index contributed by atoms with van der Waals surface area (Å²) in [7, 11) is 0. The molecule has 0 radical (unpaired) electrons. The van der Waals surface area contributed by atoms with Gasteiger partial charge in [-0.05, 0) is 35.4 Å². The quantitative estimate of drug-likeness (QED) is 0.505. The molecule has 1 aromatic carbocycles. The van der Waals surface area contributed by atoms with Crippen LogP contribution in [-0.2, 0) is 6.54 Å². The lowest BCUT2D eigenvalue weighted by Gasteiger charge is -2.07. The van der Waals surface area contributed by atoms with Crippen LogP contribution in [-0.4, -0.2) is 19.9 Å². The Labute approximate surface area is 128 Å². The van der Waals surface area contributed by atoms with Crippen LogP contribution in [0.3, 0.4) is 0 Å². The van der Waals surface area contributed by atoms with Crippen LogP contribution in [0, 0.1) is 0 Å². The van der Waals surface area contributed by atoms with Gasteiger partial charge in [0.15, 0.2) is 5.58 Å². The number of nitrogens with one attached hydrogen (secondary N) is 3. The number of fused-ring (bicyclic) bond motifs is 2. The monoisotopic (exact) mass is 315 g/mol. The average Bonchev–Trinajstić information content (AvgIpc) is 3.08. The summed E-state index contributed by atoms with van der Waals surface area (Å²) in [6.07, 6.45) is 1.78. The number of hydrogen-bond donors (Lipinski definition) is 3. The molecule has 8 heteroatoms. The predicted molar refractivity (Wildman–Crippen MR) is 83.1 cm³/mol. The Morgan fingerprint density at radius 1 is 1.27 bits per heavy atom. The van der Waals surface area contributed by atoms with Gasteiger partial charge >= 0.3 is 5.76 Å². The maximum absolute atomic E-state index is 11.2. The first-order valence-electron chi connectivity index (χ1n) is 6.55. The highest BCUT2D eigenvalue weighted by atomic mass is 35.5.